The van der Waals surface area contributed by atoms with Crippen LogP contribution in [0.5, 0.6) is 0 Å². The molecule has 2 fully saturated rings. The average Bonchev–Trinajstić information content (AvgIpc) is 3.30. The zero-order valence-corrected chi connectivity index (χ0v) is 12.8. The maximum atomic E-state index is 13.0. The molecular formula is C20H15NO3. The Morgan fingerprint density at radius 2 is 1.33 bits per heavy atom. The molecule has 2 aromatic carbocycles. The van der Waals surface area contributed by atoms with E-state index in [1.54, 1.807) is 0 Å². The third-order valence-corrected chi connectivity index (χ3v) is 5.14. The van der Waals surface area contributed by atoms with Gasteiger partial charge in [-0.15, -0.1) is 0 Å². The quantitative estimate of drug-likeness (QED) is 0.632. The minimum absolute atomic E-state index is 0.148. The van der Waals surface area contributed by atoms with Crippen LogP contribution in [-0.4, -0.2) is 24.0 Å². The SMILES string of the molecule is O=C1[C@H]2[C@H](C(=O)N1c1ccccc1-c1ccccc1)[C@H]1C=C[C@H]2O1. The highest BCUT2D eigenvalue weighted by atomic mass is 16.5. The van der Waals surface area contributed by atoms with Crippen LogP contribution in [0, 0.1) is 11.8 Å². The van der Waals surface area contributed by atoms with Gasteiger partial charge in [0.2, 0.25) is 11.8 Å². The molecule has 0 N–H and O–H groups in total. The molecule has 2 saturated heterocycles. The molecule has 2 aromatic rings. The zero-order chi connectivity index (χ0) is 16.3. The van der Waals surface area contributed by atoms with Crippen molar-refractivity contribution in [3.05, 3.63) is 66.7 Å². The van der Waals surface area contributed by atoms with E-state index in [-0.39, 0.29) is 35.9 Å². The lowest BCUT2D eigenvalue weighted by molar-refractivity contribution is -0.124. The number of imide groups is 1. The van der Waals surface area contributed by atoms with Crippen LogP contribution < -0.4 is 4.90 Å². The summed E-state index contributed by atoms with van der Waals surface area (Å²) in [5, 5.41) is 0. The van der Waals surface area contributed by atoms with Gasteiger partial charge in [-0.05, 0) is 11.6 Å². The van der Waals surface area contributed by atoms with Crippen molar-refractivity contribution in [2.75, 3.05) is 4.90 Å². The third-order valence-electron chi connectivity index (χ3n) is 5.14. The van der Waals surface area contributed by atoms with E-state index in [1.165, 1.54) is 4.90 Å². The molecule has 3 heterocycles. The molecule has 4 atom stereocenters. The summed E-state index contributed by atoms with van der Waals surface area (Å²) in [5.41, 5.74) is 2.54. The average molecular weight is 317 g/mol. The van der Waals surface area contributed by atoms with Gasteiger partial charge in [0.1, 0.15) is 0 Å². The number of anilines is 1. The first-order chi connectivity index (χ1) is 11.8. The van der Waals surface area contributed by atoms with Crippen molar-refractivity contribution in [3.63, 3.8) is 0 Å². The first-order valence-electron chi connectivity index (χ1n) is 8.12. The van der Waals surface area contributed by atoms with Crippen LogP contribution in [0.25, 0.3) is 11.1 Å². The molecule has 4 heteroatoms. The Bertz CT molecular complexity index is 843. The monoisotopic (exact) mass is 317 g/mol. The Morgan fingerprint density at radius 3 is 2.00 bits per heavy atom. The molecule has 0 saturated carbocycles. The van der Waals surface area contributed by atoms with E-state index in [1.807, 2.05) is 66.7 Å². The first-order valence-corrected chi connectivity index (χ1v) is 8.12. The van der Waals surface area contributed by atoms with Crippen LogP contribution in [-0.2, 0) is 14.3 Å². The molecular weight excluding hydrogens is 302 g/mol. The van der Waals surface area contributed by atoms with Crippen molar-refractivity contribution in [2.45, 2.75) is 12.2 Å². The zero-order valence-electron chi connectivity index (χ0n) is 12.8. The second-order valence-electron chi connectivity index (χ2n) is 6.40. The van der Waals surface area contributed by atoms with Crippen molar-refractivity contribution in [3.8, 4) is 11.1 Å². The number of fused-ring (bicyclic) bond motifs is 5. The summed E-state index contributed by atoms with van der Waals surface area (Å²) in [7, 11) is 0. The fourth-order valence-electron chi connectivity index (χ4n) is 4.07. The molecule has 0 spiro atoms. The predicted octanol–water partition coefficient (Wildman–Crippen LogP) is 2.80. The van der Waals surface area contributed by atoms with Gasteiger partial charge in [-0.3, -0.25) is 9.59 Å². The standard InChI is InChI=1S/C20H15NO3/c22-19-17-15-10-11-16(24-15)18(17)20(23)21(19)14-9-5-4-8-13(14)12-6-2-1-3-7-12/h1-11,15-18H/t15-,16-,17-,18-/m1/s1. The summed E-state index contributed by atoms with van der Waals surface area (Å²) in [6.07, 6.45) is 3.29. The van der Waals surface area contributed by atoms with Crippen LogP contribution in [0.2, 0.25) is 0 Å². The van der Waals surface area contributed by atoms with Gasteiger partial charge in [-0.25, -0.2) is 4.90 Å². The Labute approximate surface area is 139 Å². The van der Waals surface area contributed by atoms with Gasteiger partial charge in [-0.2, -0.15) is 0 Å². The number of para-hydroxylation sites is 1. The van der Waals surface area contributed by atoms with Crippen molar-refractivity contribution in [1.29, 1.82) is 0 Å². The van der Waals surface area contributed by atoms with E-state index < -0.39 is 0 Å². The van der Waals surface area contributed by atoms with E-state index >= 15 is 0 Å². The molecule has 0 aromatic heterocycles. The lowest BCUT2D eigenvalue weighted by Gasteiger charge is -2.20. The number of hydrogen-bond donors (Lipinski definition) is 0. The third kappa shape index (κ3) is 1.72. The van der Waals surface area contributed by atoms with Crippen LogP contribution in [0.4, 0.5) is 5.69 Å². The summed E-state index contributed by atoms with van der Waals surface area (Å²) in [4.78, 5) is 27.3. The molecule has 118 valence electrons. The van der Waals surface area contributed by atoms with Crippen LogP contribution in [0.1, 0.15) is 0 Å². The molecule has 0 radical (unpaired) electrons. The fourth-order valence-corrected chi connectivity index (χ4v) is 4.07. The summed E-state index contributed by atoms with van der Waals surface area (Å²) >= 11 is 0. The van der Waals surface area contributed by atoms with E-state index in [9.17, 15) is 9.59 Å². The Morgan fingerprint density at radius 1 is 0.750 bits per heavy atom. The number of carbonyl (C=O) groups excluding carboxylic acids is 2. The molecule has 0 unspecified atom stereocenters. The van der Waals surface area contributed by atoms with E-state index in [2.05, 4.69) is 0 Å². The fraction of sp³-hybridized carbons (Fsp3) is 0.200. The van der Waals surface area contributed by atoms with Gasteiger partial charge in [0.05, 0.1) is 29.7 Å². The van der Waals surface area contributed by atoms with Gasteiger partial charge < -0.3 is 4.74 Å². The number of rotatable bonds is 2. The Hall–Kier alpha value is -2.72. The van der Waals surface area contributed by atoms with Gasteiger partial charge >= 0.3 is 0 Å². The van der Waals surface area contributed by atoms with Crippen molar-refractivity contribution < 1.29 is 14.3 Å². The maximum absolute atomic E-state index is 13.0. The molecule has 2 amide bonds. The number of ether oxygens (including phenoxy) is 1. The second kappa shape index (κ2) is 4.89. The van der Waals surface area contributed by atoms with Crippen LogP contribution in [0.15, 0.2) is 66.7 Å². The molecule has 2 bridgehead atoms. The van der Waals surface area contributed by atoms with Gasteiger partial charge in [-0.1, -0.05) is 60.7 Å². The summed E-state index contributed by atoms with van der Waals surface area (Å²) in [6, 6.07) is 17.4. The maximum Gasteiger partial charge on any atom is 0.240 e. The number of carbonyl (C=O) groups is 2. The lowest BCUT2D eigenvalue weighted by atomic mass is 9.85. The molecule has 3 aliphatic heterocycles. The summed E-state index contributed by atoms with van der Waals surface area (Å²) in [5.74, 6) is -1.05. The second-order valence-corrected chi connectivity index (χ2v) is 6.40. The van der Waals surface area contributed by atoms with Gasteiger partial charge in [0.25, 0.3) is 0 Å². The van der Waals surface area contributed by atoms with Crippen LogP contribution in [0.3, 0.4) is 0 Å². The van der Waals surface area contributed by atoms with Crippen LogP contribution >= 0.6 is 0 Å². The number of nitrogens with zero attached hydrogens (tertiary/aromatic N) is 1. The molecule has 0 aliphatic carbocycles. The number of hydrogen-bond acceptors (Lipinski definition) is 3. The highest BCUT2D eigenvalue weighted by Crippen LogP contribution is 2.47. The Kier molecular flexibility index (Phi) is 2.79. The highest BCUT2D eigenvalue weighted by Gasteiger charge is 2.61. The van der Waals surface area contributed by atoms with E-state index in [0.717, 1.165) is 11.1 Å². The van der Waals surface area contributed by atoms with Crippen molar-refractivity contribution in [2.24, 2.45) is 11.8 Å². The summed E-state index contributed by atoms with van der Waals surface area (Å²) < 4.78 is 5.70. The molecule has 5 rings (SSSR count). The Balaban J connectivity index is 1.61. The molecule has 4 nitrogen and oxygen atoms in total. The highest BCUT2D eigenvalue weighted by molar-refractivity contribution is 6.24. The largest absolute Gasteiger partial charge is 0.365 e. The van der Waals surface area contributed by atoms with Gasteiger partial charge in [0.15, 0.2) is 0 Å². The minimum Gasteiger partial charge on any atom is -0.365 e. The molecule has 3 aliphatic rings. The number of amides is 2. The number of benzene rings is 2. The summed E-state index contributed by atoms with van der Waals surface area (Å²) in [6.45, 7) is 0. The van der Waals surface area contributed by atoms with E-state index in [4.69, 9.17) is 4.74 Å². The normalized spacial score (nSPS) is 30.2. The van der Waals surface area contributed by atoms with Gasteiger partial charge in [0, 0.05) is 5.56 Å². The minimum atomic E-state index is -0.378. The topological polar surface area (TPSA) is 46.6 Å². The van der Waals surface area contributed by atoms with Crippen molar-refractivity contribution >= 4 is 17.5 Å². The van der Waals surface area contributed by atoms with Crippen molar-refractivity contribution in [1.82, 2.24) is 0 Å². The first kappa shape index (κ1) is 13.7. The lowest BCUT2D eigenvalue weighted by Crippen LogP contribution is -2.34. The molecule has 24 heavy (non-hydrogen) atoms. The predicted molar refractivity (Wildman–Crippen MR) is 89.2 cm³/mol. The smallest absolute Gasteiger partial charge is 0.240 e. The van der Waals surface area contributed by atoms with E-state index in [0.29, 0.717) is 5.69 Å².